The molecule has 28 unspecified atom stereocenters. The molecule has 426 valence electrons. The Hall–Kier alpha value is -1.40. The van der Waals surface area contributed by atoms with Crippen LogP contribution in [0.2, 0.25) is 0 Å². The molecule has 8 rings (SSSR count). The molecule has 0 aromatic heterocycles. The summed E-state index contributed by atoms with van der Waals surface area (Å²) in [7, 11) is 0. The number of fused-ring (bicyclic) bond motifs is 5. The normalized spacial score (nSPS) is 50.5. The number of ether oxygens (including phenoxy) is 8. The summed E-state index contributed by atoms with van der Waals surface area (Å²) < 4.78 is 48.2. The summed E-state index contributed by atoms with van der Waals surface area (Å²) >= 11 is 0. The molecule has 8 aliphatic rings. The van der Waals surface area contributed by atoms with Crippen molar-refractivity contribution in [2.24, 2.45) is 46.3 Å². The highest BCUT2D eigenvalue weighted by atomic mass is 16.8. The lowest BCUT2D eigenvalue weighted by Crippen LogP contribution is -2.67. The van der Waals surface area contributed by atoms with Gasteiger partial charge in [0.05, 0.1) is 45.2 Å². The van der Waals surface area contributed by atoms with Crippen LogP contribution in [0.3, 0.4) is 0 Å². The fraction of sp³-hybridized carbons (Fsp3) is 0.923. The van der Waals surface area contributed by atoms with Crippen molar-refractivity contribution in [1.29, 1.82) is 0 Å². The second kappa shape index (κ2) is 24.1. The first kappa shape index (κ1) is 58.7. The van der Waals surface area contributed by atoms with Crippen LogP contribution < -0.4 is 0 Å². The standard InChI is InChI=1S/C52H86O22/c1-22(2)24(12-15-53)7-6-23(3)29-17-30(57)35-27-9-8-25-16-26(10-13-51(25,4)28(27)11-14-52(29,35)5)68-49-43(66)45(44(34(20-56)71-49)72-47-41(64)39(62)37(60)32(18-54)69-47)73-50-46(36(59)31(58)21-67-50)74-48-42(65)40(63)38(61)33(19-55)70-48/h9,12,22-23,25-26,28-50,53-66H,6-8,10-11,13-21H2,1-5H3. The monoisotopic (exact) mass is 1060 g/mol. The van der Waals surface area contributed by atoms with Gasteiger partial charge in [-0.15, -0.1) is 0 Å². The molecule has 74 heavy (non-hydrogen) atoms. The Morgan fingerprint density at radius 3 is 1.78 bits per heavy atom. The number of hydrogen-bond acceptors (Lipinski definition) is 22. The molecule has 14 N–H and O–H groups in total. The molecule has 0 amide bonds. The van der Waals surface area contributed by atoms with E-state index in [9.17, 15) is 71.5 Å². The van der Waals surface area contributed by atoms with Crippen LogP contribution in [0.1, 0.15) is 92.4 Å². The number of aliphatic hydroxyl groups is 14. The second-order valence-corrected chi connectivity index (χ2v) is 23.5. The largest absolute Gasteiger partial charge is 0.394 e. The number of aliphatic hydroxyl groups excluding tert-OH is 14. The van der Waals surface area contributed by atoms with Crippen molar-refractivity contribution < 1.29 is 109 Å². The summed E-state index contributed by atoms with van der Waals surface area (Å²) in [5.41, 5.74) is 2.45. The highest BCUT2D eigenvalue weighted by Gasteiger charge is 2.62. The highest BCUT2D eigenvalue weighted by Crippen LogP contribution is 2.67. The number of allylic oxidation sites excluding steroid dienone is 2. The van der Waals surface area contributed by atoms with E-state index >= 15 is 0 Å². The van der Waals surface area contributed by atoms with Gasteiger partial charge in [-0.25, -0.2) is 0 Å². The van der Waals surface area contributed by atoms with Crippen molar-refractivity contribution in [3.05, 3.63) is 23.3 Å². The van der Waals surface area contributed by atoms with Crippen molar-refractivity contribution in [1.82, 2.24) is 0 Å². The van der Waals surface area contributed by atoms with E-state index in [2.05, 4.69) is 40.7 Å². The highest BCUT2D eigenvalue weighted by molar-refractivity contribution is 5.29. The maximum Gasteiger partial charge on any atom is 0.187 e. The summed E-state index contributed by atoms with van der Waals surface area (Å²) in [5.74, 6) is 1.55. The van der Waals surface area contributed by atoms with E-state index in [0.717, 1.165) is 44.9 Å². The molecule has 4 saturated heterocycles. The summed E-state index contributed by atoms with van der Waals surface area (Å²) in [6, 6.07) is 0. The smallest absolute Gasteiger partial charge is 0.187 e. The Balaban J connectivity index is 1.01. The Morgan fingerprint density at radius 1 is 0.622 bits per heavy atom. The maximum absolute atomic E-state index is 12.3. The Kier molecular flexibility index (Phi) is 19.2. The molecule has 4 heterocycles. The minimum atomic E-state index is -1.94. The second-order valence-electron chi connectivity index (χ2n) is 23.5. The average molecular weight is 1060 g/mol. The van der Waals surface area contributed by atoms with E-state index in [0.29, 0.717) is 30.6 Å². The quantitative estimate of drug-likeness (QED) is 0.0689. The number of rotatable bonds is 17. The lowest BCUT2D eigenvalue weighted by molar-refractivity contribution is -0.397. The van der Waals surface area contributed by atoms with Crippen molar-refractivity contribution >= 4 is 0 Å². The van der Waals surface area contributed by atoms with E-state index in [1.807, 2.05) is 6.08 Å². The lowest BCUT2D eigenvalue weighted by atomic mass is 9.47. The zero-order valence-electron chi connectivity index (χ0n) is 43.2. The Labute approximate surface area is 432 Å². The van der Waals surface area contributed by atoms with Gasteiger partial charge in [0.25, 0.3) is 0 Å². The fourth-order valence-corrected chi connectivity index (χ4v) is 14.4. The molecule has 22 heteroatoms. The molecular weight excluding hydrogens is 977 g/mol. The van der Waals surface area contributed by atoms with Gasteiger partial charge in [-0.05, 0) is 98.2 Å². The van der Waals surface area contributed by atoms with Gasteiger partial charge in [0.1, 0.15) is 91.6 Å². The first-order chi connectivity index (χ1) is 35.1. The third-order valence-corrected chi connectivity index (χ3v) is 18.9. The molecule has 3 saturated carbocycles. The van der Waals surface area contributed by atoms with E-state index < -0.39 is 155 Å². The molecular formula is C52H86O22. The van der Waals surface area contributed by atoms with Gasteiger partial charge in [0.2, 0.25) is 0 Å². The van der Waals surface area contributed by atoms with Gasteiger partial charge in [-0.3, -0.25) is 0 Å². The number of hydrogen-bond donors (Lipinski definition) is 14. The molecule has 22 nitrogen and oxygen atoms in total. The third kappa shape index (κ3) is 11.2. The lowest BCUT2D eigenvalue weighted by Gasteiger charge is -2.58. The van der Waals surface area contributed by atoms with Gasteiger partial charge in [0, 0.05) is 5.92 Å². The minimum Gasteiger partial charge on any atom is -0.394 e. The van der Waals surface area contributed by atoms with Crippen LogP contribution in [-0.4, -0.2) is 233 Å². The summed E-state index contributed by atoms with van der Waals surface area (Å²) in [6.07, 6.45) is -22.1. The molecule has 0 aromatic carbocycles. The molecule has 4 aliphatic carbocycles. The van der Waals surface area contributed by atoms with Gasteiger partial charge in [-0.1, -0.05) is 57.9 Å². The molecule has 0 spiro atoms. The topological polar surface area (TPSA) is 357 Å². The van der Waals surface area contributed by atoms with E-state index in [1.54, 1.807) is 0 Å². The van der Waals surface area contributed by atoms with Crippen LogP contribution in [-0.2, 0) is 37.9 Å². The van der Waals surface area contributed by atoms with Gasteiger partial charge in [-0.2, -0.15) is 0 Å². The van der Waals surface area contributed by atoms with E-state index in [4.69, 9.17) is 37.9 Å². The summed E-state index contributed by atoms with van der Waals surface area (Å²) in [4.78, 5) is 0. The van der Waals surface area contributed by atoms with Crippen LogP contribution in [0.5, 0.6) is 0 Å². The SMILES string of the molecule is CC(C)C(=CCO)CCC(C)C1CC(O)C2C3=CCC4CC(OC5OC(CO)C(OC6OC(CO)C(O)C(O)C6O)C(OC6OCC(O)C(O)C6OC6OC(CO)C(O)C(O)C6O)C5O)CCC4(C)C3CCC12C. The van der Waals surface area contributed by atoms with Crippen LogP contribution in [0.4, 0.5) is 0 Å². The predicted molar refractivity (Wildman–Crippen MR) is 256 cm³/mol. The van der Waals surface area contributed by atoms with Gasteiger partial charge >= 0.3 is 0 Å². The van der Waals surface area contributed by atoms with Gasteiger partial charge in [0.15, 0.2) is 25.2 Å². The third-order valence-electron chi connectivity index (χ3n) is 18.9. The molecule has 28 atom stereocenters. The van der Waals surface area contributed by atoms with Crippen LogP contribution in [0, 0.1) is 46.3 Å². The molecule has 7 fully saturated rings. The average Bonchev–Trinajstić information content (AvgIpc) is 3.66. The van der Waals surface area contributed by atoms with Crippen molar-refractivity contribution in [3.8, 4) is 0 Å². The molecule has 0 bridgehead atoms. The predicted octanol–water partition coefficient (Wildman–Crippen LogP) is -2.18. The fourth-order valence-electron chi connectivity index (χ4n) is 14.4. The first-order valence-corrected chi connectivity index (χ1v) is 26.9. The Morgan fingerprint density at radius 2 is 1.19 bits per heavy atom. The van der Waals surface area contributed by atoms with Crippen LogP contribution in [0.15, 0.2) is 23.3 Å². The van der Waals surface area contributed by atoms with Crippen molar-refractivity contribution in [2.45, 2.75) is 221 Å². The maximum atomic E-state index is 12.3. The van der Waals surface area contributed by atoms with Crippen LogP contribution in [0.25, 0.3) is 0 Å². The summed E-state index contributed by atoms with van der Waals surface area (Å²) in [5, 5.41) is 150. The van der Waals surface area contributed by atoms with E-state index in [-0.39, 0.29) is 35.2 Å². The van der Waals surface area contributed by atoms with E-state index in [1.165, 1.54) is 11.1 Å². The van der Waals surface area contributed by atoms with Crippen molar-refractivity contribution in [2.75, 3.05) is 33.0 Å². The Bertz CT molecular complexity index is 1890. The minimum absolute atomic E-state index is 0.0305. The molecule has 0 aromatic rings. The first-order valence-electron chi connectivity index (χ1n) is 26.9. The van der Waals surface area contributed by atoms with Crippen molar-refractivity contribution in [3.63, 3.8) is 0 Å². The zero-order chi connectivity index (χ0) is 53.7. The molecule has 4 aliphatic heterocycles. The van der Waals surface area contributed by atoms with Gasteiger partial charge < -0.3 is 109 Å². The molecule has 0 radical (unpaired) electrons. The van der Waals surface area contributed by atoms with Crippen LogP contribution >= 0.6 is 0 Å². The zero-order valence-corrected chi connectivity index (χ0v) is 43.2. The summed E-state index contributed by atoms with van der Waals surface area (Å²) in [6.45, 7) is 8.42.